The van der Waals surface area contributed by atoms with Crippen molar-refractivity contribution in [1.29, 1.82) is 0 Å². The van der Waals surface area contributed by atoms with E-state index in [1.54, 1.807) is 19.1 Å². The topological polar surface area (TPSA) is 188 Å². The highest BCUT2D eigenvalue weighted by atomic mass is 35.5. The zero-order valence-corrected chi connectivity index (χ0v) is 21.9. The second-order valence-electron chi connectivity index (χ2n) is 6.40. The van der Waals surface area contributed by atoms with Crippen molar-refractivity contribution in [3.05, 3.63) is 56.0 Å². The SMILES string of the molecule is CCOC(N)=O.CNC(CC(=O)O)C(=O)O.O=C(Nc1ccc(Cl)c(Cl)c1)c1cc(Cl)cc(Cl)c1O. The Hall–Kier alpha value is -2.96. The third-order valence-corrected chi connectivity index (χ3v) is 5.01. The lowest BCUT2D eigenvalue weighted by atomic mass is 10.2. The van der Waals surface area contributed by atoms with Crippen molar-refractivity contribution in [1.82, 2.24) is 5.32 Å². The van der Waals surface area contributed by atoms with Gasteiger partial charge in [0.15, 0.2) is 0 Å². The molecule has 198 valence electrons. The molecule has 2 aromatic rings. The smallest absolute Gasteiger partial charge is 0.404 e. The molecule has 0 aromatic heterocycles. The van der Waals surface area contributed by atoms with E-state index in [0.717, 1.165) is 0 Å². The van der Waals surface area contributed by atoms with E-state index in [1.165, 1.54) is 25.2 Å². The van der Waals surface area contributed by atoms with Crippen molar-refractivity contribution in [2.75, 3.05) is 19.0 Å². The Morgan fingerprint density at radius 3 is 2.00 bits per heavy atom. The van der Waals surface area contributed by atoms with Gasteiger partial charge >= 0.3 is 18.0 Å². The number of amides is 2. The fourth-order valence-electron chi connectivity index (χ4n) is 2.14. The van der Waals surface area contributed by atoms with Crippen LogP contribution in [0.5, 0.6) is 5.75 Å². The average molecular weight is 587 g/mol. The molecule has 2 amide bonds. The van der Waals surface area contributed by atoms with Gasteiger partial charge in [-0.15, -0.1) is 0 Å². The summed E-state index contributed by atoms with van der Waals surface area (Å²) in [6.07, 6.45) is -1.11. The van der Waals surface area contributed by atoms with Crippen molar-refractivity contribution in [3.8, 4) is 5.75 Å². The van der Waals surface area contributed by atoms with Crippen LogP contribution in [0.4, 0.5) is 10.5 Å². The van der Waals surface area contributed by atoms with Crippen LogP contribution in [0.25, 0.3) is 0 Å². The van der Waals surface area contributed by atoms with Gasteiger partial charge in [0.1, 0.15) is 11.8 Å². The van der Waals surface area contributed by atoms with Gasteiger partial charge in [-0.05, 0) is 44.3 Å². The summed E-state index contributed by atoms with van der Waals surface area (Å²) in [5.74, 6) is -3.18. The monoisotopic (exact) mass is 585 g/mol. The van der Waals surface area contributed by atoms with Gasteiger partial charge in [0, 0.05) is 10.7 Å². The molecular formula is C21H23Cl4N3O8. The third-order valence-electron chi connectivity index (χ3n) is 3.76. The Labute approximate surface area is 226 Å². The molecule has 0 aliphatic heterocycles. The maximum Gasteiger partial charge on any atom is 0.404 e. The molecular weight excluding hydrogens is 564 g/mol. The number of phenolic OH excluding ortho intramolecular Hbond substituents is 1. The van der Waals surface area contributed by atoms with E-state index >= 15 is 0 Å². The number of anilines is 1. The standard InChI is InChI=1S/C13H7Cl4NO2.C5H9NO4.C3H7NO2/c14-6-3-8(12(19)11(17)4-6)13(20)18-7-1-2-9(15)10(16)5-7;1-6-3(5(9)10)2-4(7)8;1-2-6-3(4)5/h1-5,19H,(H,18,20);3,6H,2H2,1H3,(H,7,8)(H,9,10);2H2,1H3,(H2,4,5). The van der Waals surface area contributed by atoms with Gasteiger partial charge in [0.25, 0.3) is 5.91 Å². The minimum Gasteiger partial charge on any atom is -0.506 e. The lowest BCUT2D eigenvalue weighted by Gasteiger charge is -2.09. The van der Waals surface area contributed by atoms with E-state index < -0.39 is 36.4 Å². The second-order valence-corrected chi connectivity index (χ2v) is 8.05. The number of carboxylic acid groups (broad SMARTS) is 2. The summed E-state index contributed by atoms with van der Waals surface area (Å²) in [6, 6.07) is 6.28. The van der Waals surface area contributed by atoms with Gasteiger partial charge < -0.3 is 36.4 Å². The number of nitrogens with two attached hydrogens (primary N) is 1. The molecule has 1 atom stereocenters. The fourth-order valence-corrected chi connectivity index (χ4v) is 2.93. The van der Waals surface area contributed by atoms with Crippen molar-refractivity contribution in [2.45, 2.75) is 19.4 Å². The number of ether oxygens (including phenoxy) is 1. The Balaban J connectivity index is 0.000000639. The van der Waals surface area contributed by atoms with Gasteiger partial charge in [0.05, 0.1) is 33.7 Å². The molecule has 0 saturated carbocycles. The highest BCUT2D eigenvalue weighted by Crippen LogP contribution is 2.32. The van der Waals surface area contributed by atoms with Crippen LogP contribution in [-0.4, -0.2) is 59.0 Å². The lowest BCUT2D eigenvalue weighted by Crippen LogP contribution is -2.35. The van der Waals surface area contributed by atoms with Crippen LogP contribution in [0.1, 0.15) is 23.7 Å². The van der Waals surface area contributed by atoms with E-state index in [1.807, 2.05) is 0 Å². The van der Waals surface area contributed by atoms with Gasteiger partial charge in [0.2, 0.25) is 0 Å². The summed E-state index contributed by atoms with van der Waals surface area (Å²) < 4.78 is 4.18. The Morgan fingerprint density at radius 2 is 1.61 bits per heavy atom. The molecule has 2 aromatic carbocycles. The number of aromatic hydroxyl groups is 1. The molecule has 0 radical (unpaired) electrons. The van der Waals surface area contributed by atoms with E-state index in [0.29, 0.717) is 22.3 Å². The van der Waals surface area contributed by atoms with Crippen LogP contribution in [-0.2, 0) is 14.3 Å². The number of likely N-dealkylation sites (N-methyl/N-ethyl adjacent to an activating group) is 1. The number of hydrogen-bond acceptors (Lipinski definition) is 7. The van der Waals surface area contributed by atoms with Gasteiger partial charge in [-0.2, -0.15) is 0 Å². The molecule has 0 spiro atoms. The first-order valence-electron chi connectivity index (χ1n) is 9.71. The van der Waals surface area contributed by atoms with E-state index in [4.69, 9.17) is 56.6 Å². The minimum absolute atomic E-state index is 0.00297. The van der Waals surface area contributed by atoms with Crippen LogP contribution >= 0.6 is 46.4 Å². The summed E-state index contributed by atoms with van der Waals surface area (Å²) >= 11 is 23.2. The van der Waals surface area contributed by atoms with Gasteiger partial charge in [-0.1, -0.05) is 46.4 Å². The number of benzene rings is 2. The van der Waals surface area contributed by atoms with E-state index in [-0.39, 0.29) is 21.4 Å². The van der Waals surface area contributed by atoms with Crippen LogP contribution < -0.4 is 16.4 Å². The first kappa shape index (κ1) is 33.0. The summed E-state index contributed by atoms with van der Waals surface area (Å²) in [6.45, 7) is 2.06. The Bertz CT molecular complexity index is 1090. The molecule has 0 aliphatic carbocycles. The van der Waals surface area contributed by atoms with Crippen LogP contribution in [0.15, 0.2) is 30.3 Å². The molecule has 1 unspecified atom stereocenters. The quantitative estimate of drug-likeness (QED) is 0.271. The van der Waals surface area contributed by atoms with E-state index in [9.17, 15) is 24.3 Å². The zero-order valence-electron chi connectivity index (χ0n) is 18.9. The maximum absolute atomic E-state index is 12.1. The molecule has 11 nitrogen and oxygen atoms in total. The number of aliphatic carboxylic acids is 2. The molecule has 36 heavy (non-hydrogen) atoms. The van der Waals surface area contributed by atoms with Crippen LogP contribution in [0.2, 0.25) is 20.1 Å². The first-order valence-corrected chi connectivity index (χ1v) is 11.2. The summed E-state index contributed by atoms with van der Waals surface area (Å²) in [7, 11) is 1.40. The van der Waals surface area contributed by atoms with Crippen LogP contribution in [0.3, 0.4) is 0 Å². The minimum atomic E-state index is -1.15. The number of halogens is 4. The molecule has 0 bridgehead atoms. The molecule has 0 heterocycles. The normalized spacial score (nSPS) is 10.5. The highest BCUT2D eigenvalue weighted by molar-refractivity contribution is 6.42. The largest absolute Gasteiger partial charge is 0.506 e. The Kier molecular flexibility index (Phi) is 15.3. The van der Waals surface area contributed by atoms with Crippen molar-refractivity contribution in [3.63, 3.8) is 0 Å². The number of phenols is 1. The average Bonchev–Trinajstić information content (AvgIpc) is 2.77. The number of rotatable bonds is 7. The number of carbonyl (C=O) groups is 4. The predicted molar refractivity (Wildman–Crippen MR) is 136 cm³/mol. The number of primary amides is 1. The molecule has 7 N–H and O–H groups in total. The summed E-state index contributed by atoms with van der Waals surface area (Å²) in [4.78, 5) is 41.8. The highest BCUT2D eigenvalue weighted by Gasteiger charge is 2.18. The summed E-state index contributed by atoms with van der Waals surface area (Å²) in [5.41, 5.74) is 4.94. The second kappa shape index (κ2) is 16.7. The molecule has 0 aliphatic rings. The van der Waals surface area contributed by atoms with Gasteiger partial charge in [-0.3, -0.25) is 14.4 Å². The number of hydrogen-bond donors (Lipinski definition) is 6. The molecule has 0 fully saturated rings. The predicted octanol–water partition coefficient (Wildman–Crippen LogP) is 4.49. The Morgan fingerprint density at radius 1 is 1.00 bits per heavy atom. The number of nitrogens with one attached hydrogen (secondary N) is 2. The third kappa shape index (κ3) is 12.7. The lowest BCUT2D eigenvalue weighted by molar-refractivity contribution is -0.145. The van der Waals surface area contributed by atoms with Crippen LogP contribution in [0, 0.1) is 0 Å². The first-order chi connectivity index (χ1) is 16.7. The molecule has 15 heteroatoms. The van der Waals surface area contributed by atoms with Gasteiger partial charge in [-0.25, -0.2) is 4.79 Å². The molecule has 0 saturated heterocycles. The molecule has 2 rings (SSSR count). The maximum atomic E-state index is 12.1. The zero-order chi connectivity index (χ0) is 28.0. The summed E-state index contributed by atoms with van der Waals surface area (Å²) in [5, 5.41) is 32.1. The number of carbonyl (C=O) groups excluding carboxylic acids is 2. The van der Waals surface area contributed by atoms with E-state index in [2.05, 4.69) is 21.1 Å². The van der Waals surface area contributed by atoms with Crippen molar-refractivity contribution >= 4 is 76.0 Å². The van der Waals surface area contributed by atoms with Crippen molar-refractivity contribution < 1.29 is 39.2 Å². The van der Waals surface area contributed by atoms with Crippen molar-refractivity contribution in [2.24, 2.45) is 5.73 Å². The number of carboxylic acids is 2. The fraction of sp³-hybridized carbons (Fsp3) is 0.238.